The maximum absolute atomic E-state index is 13.0. The van der Waals surface area contributed by atoms with Crippen LogP contribution in [0.2, 0.25) is 0 Å². The van der Waals surface area contributed by atoms with Crippen LogP contribution in [0.1, 0.15) is 33.1 Å². The van der Waals surface area contributed by atoms with Crippen LogP contribution in [0.3, 0.4) is 0 Å². The molecule has 2 rings (SSSR count). The van der Waals surface area contributed by atoms with Crippen molar-refractivity contribution in [2.24, 2.45) is 4.99 Å². The van der Waals surface area contributed by atoms with Crippen molar-refractivity contribution in [1.82, 2.24) is 15.5 Å². The summed E-state index contributed by atoms with van der Waals surface area (Å²) in [5.41, 5.74) is 0. The van der Waals surface area contributed by atoms with Gasteiger partial charge in [0.25, 0.3) is 0 Å². The van der Waals surface area contributed by atoms with Crippen molar-refractivity contribution < 1.29 is 13.9 Å². The van der Waals surface area contributed by atoms with Gasteiger partial charge in [0, 0.05) is 45.9 Å². The van der Waals surface area contributed by atoms with Gasteiger partial charge in [0.1, 0.15) is 17.7 Å². The summed E-state index contributed by atoms with van der Waals surface area (Å²) in [6, 6.07) is 6.51. The van der Waals surface area contributed by atoms with Crippen LogP contribution in [0.5, 0.6) is 5.75 Å². The zero-order chi connectivity index (χ0) is 20.2. The first-order chi connectivity index (χ1) is 13.6. The Kier molecular flexibility index (Phi) is 13.2. The molecule has 1 atom stereocenters. The molecule has 1 unspecified atom stereocenters. The van der Waals surface area contributed by atoms with Crippen LogP contribution in [-0.4, -0.2) is 69.4 Å². The number of hydrogen-bond donors (Lipinski definition) is 2. The van der Waals surface area contributed by atoms with Crippen molar-refractivity contribution in [3.05, 3.63) is 30.1 Å². The highest BCUT2D eigenvalue weighted by Crippen LogP contribution is 2.13. The van der Waals surface area contributed by atoms with E-state index >= 15 is 0 Å². The van der Waals surface area contributed by atoms with Crippen molar-refractivity contribution in [2.75, 3.05) is 46.4 Å². The SMILES string of the molecule is CCNC(=NCC(C)Oc1ccc(F)cc1)NC1CCN(CCCOC)CC1.I. The fourth-order valence-electron chi connectivity index (χ4n) is 3.25. The minimum Gasteiger partial charge on any atom is -0.489 e. The first-order valence-electron chi connectivity index (χ1n) is 10.3. The molecule has 0 amide bonds. The largest absolute Gasteiger partial charge is 0.489 e. The van der Waals surface area contributed by atoms with E-state index in [1.165, 1.54) is 12.1 Å². The molecule has 1 saturated heterocycles. The summed E-state index contributed by atoms with van der Waals surface area (Å²) in [7, 11) is 1.75. The number of nitrogens with one attached hydrogen (secondary N) is 2. The normalized spacial score (nSPS) is 16.8. The van der Waals surface area contributed by atoms with E-state index in [1.807, 2.05) is 6.92 Å². The van der Waals surface area contributed by atoms with Crippen LogP contribution in [0.4, 0.5) is 4.39 Å². The first-order valence-corrected chi connectivity index (χ1v) is 10.3. The van der Waals surface area contributed by atoms with Crippen molar-refractivity contribution in [2.45, 2.75) is 45.3 Å². The number of likely N-dealkylation sites (tertiary alicyclic amines) is 1. The van der Waals surface area contributed by atoms with Gasteiger partial charge in [-0.25, -0.2) is 9.38 Å². The van der Waals surface area contributed by atoms with Crippen molar-refractivity contribution in [3.63, 3.8) is 0 Å². The number of methoxy groups -OCH3 is 1. The molecule has 1 fully saturated rings. The van der Waals surface area contributed by atoms with Gasteiger partial charge in [-0.05, 0) is 57.4 Å². The second-order valence-corrected chi connectivity index (χ2v) is 7.21. The van der Waals surface area contributed by atoms with Gasteiger partial charge >= 0.3 is 0 Å². The molecule has 1 heterocycles. The molecule has 0 bridgehead atoms. The van der Waals surface area contributed by atoms with E-state index in [0.717, 1.165) is 58.0 Å². The fourth-order valence-corrected chi connectivity index (χ4v) is 3.25. The van der Waals surface area contributed by atoms with Crippen LogP contribution in [0, 0.1) is 5.82 Å². The van der Waals surface area contributed by atoms with Crippen LogP contribution >= 0.6 is 24.0 Å². The third-order valence-corrected chi connectivity index (χ3v) is 4.75. The molecule has 0 aromatic heterocycles. The second-order valence-electron chi connectivity index (χ2n) is 7.21. The third-order valence-electron chi connectivity index (χ3n) is 4.75. The molecule has 0 spiro atoms. The van der Waals surface area contributed by atoms with Gasteiger partial charge in [0.2, 0.25) is 0 Å². The number of rotatable bonds is 10. The van der Waals surface area contributed by atoms with Gasteiger partial charge in [0.15, 0.2) is 5.96 Å². The first kappa shape index (κ1) is 25.9. The average Bonchev–Trinajstić information content (AvgIpc) is 2.69. The zero-order valence-corrected chi connectivity index (χ0v) is 20.2. The molecule has 0 radical (unpaired) electrons. The quantitative estimate of drug-likeness (QED) is 0.214. The summed E-state index contributed by atoms with van der Waals surface area (Å²) in [4.78, 5) is 7.17. The predicted molar refractivity (Wildman–Crippen MR) is 127 cm³/mol. The molecule has 0 saturated carbocycles. The van der Waals surface area contributed by atoms with Crippen molar-refractivity contribution in [1.29, 1.82) is 0 Å². The molecule has 1 aliphatic heterocycles. The predicted octanol–water partition coefficient (Wildman–Crippen LogP) is 3.27. The molecular weight excluding hydrogens is 486 g/mol. The van der Waals surface area contributed by atoms with E-state index in [1.54, 1.807) is 19.2 Å². The highest BCUT2D eigenvalue weighted by atomic mass is 127. The summed E-state index contributed by atoms with van der Waals surface area (Å²) >= 11 is 0. The zero-order valence-electron chi connectivity index (χ0n) is 17.8. The van der Waals surface area contributed by atoms with Crippen LogP contribution in [-0.2, 0) is 4.74 Å². The van der Waals surface area contributed by atoms with E-state index < -0.39 is 0 Å². The van der Waals surface area contributed by atoms with E-state index in [9.17, 15) is 4.39 Å². The maximum atomic E-state index is 13.0. The van der Waals surface area contributed by atoms with E-state index in [-0.39, 0.29) is 35.9 Å². The van der Waals surface area contributed by atoms with E-state index in [0.29, 0.717) is 18.3 Å². The number of guanidine groups is 1. The third kappa shape index (κ3) is 10.5. The lowest BCUT2D eigenvalue weighted by molar-refractivity contribution is 0.155. The minimum absolute atomic E-state index is 0. The Balaban J connectivity index is 0.00000420. The highest BCUT2D eigenvalue weighted by molar-refractivity contribution is 14.0. The van der Waals surface area contributed by atoms with E-state index in [2.05, 4.69) is 27.4 Å². The molecule has 166 valence electrons. The van der Waals surface area contributed by atoms with Gasteiger partial charge in [0.05, 0.1) is 6.54 Å². The number of piperidine rings is 1. The standard InChI is InChI=1S/C21H35FN4O2.HI/c1-4-23-21(24-16-17(2)28-20-8-6-18(22)7-9-20)25-19-10-13-26(14-11-19)12-5-15-27-3;/h6-9,17,19H,4-5,10-16H2,1-3H3,(H2,23,24,25);1H. The molecule has 6 nitrogen and oxygen atoms in total. The molecule has 2 N–H and O–H groups in total. The highest BCUT2D eigenvalue weighted by Gasteiger charge is 2.19. The topological polar surface area (TPSA) is 58.1 Å². The summed E-state index contributed by atoms with van der Waals surface area (Å²) in [5.74, 6) is 1.22. The lowest BCUT2D eigenvalue weighted by atomic mass is 10.1. The molecular formula is C21H36FIN4O2. The molecule has 29 heavy (non-hydrogen) atoms. The van der Waals surface area contributed by atoms with Gasteiger partial charge in [-0.1, -0.05) is 0 Å². The summed E-state index contributed by atoms with van der Waals surface area (Å²) in [6.07, 6.45) is 3.21. The summed E-state index contributed by atoms with van der Waals surface area (Å²) in [5, 5.41) is 6.87. The van der Waals surface area contributed by atoms with Gasteiger partial charge < -0.3 is 25.0 Å². The van der Waals surface area contributed by atoms with Crippen LogP contribution in [0.25, 0.3) is 0 Å². The van der Waals surface area contributed by atoms with Crippen molar-refractivity contribution >= 4 is 29.9 Å². The molecule has 0 aliphatic carbocycles. The van der Waals surface area contributed by atoms with Crippen LogP contribution in [0.15, 0.2) is 29.3 Å². The number of ether oxygens (including phenoxy) is 2. The van der Waals surface area contributed by atoms with Crippen LogP contribution < -0.4 is 15.4 Å². The Morgan fingerprint density at radius 1 is 1.28 bits per heavy atom. The molecule has 1 aromatic rings. The van der Waals surface area contributed by atoms with E-state index in [4.69, 9.17) is 9.47 Å². The Labute approximate surface area is 191 Å². The Bertz CT molecular complexity index is 581. The number of benzene rings is 1. The molecule has 1 aromatic carbocycles. The Morgan fingerprint density at radius 3 is 2.59 bits per heavy atom. The lowest BCUT2D eigenvalue weighted by Crippen LogP contribution is -2.49. The number of nitrogens with zero attached hydrogens (tertiary/aromatic N) is 2. The fraction of sp³-hybridized carbons (Fsp3) is 0.667. The smallest absolute Gasteiger partial charge is 0.191 e. The van der Waals surface area contributed by atoms with Crippen molar-refractivity contribution in [3.8, 4) is 5.75 Å². The Hall–Kier alpha value is -1.13. The van der Waals surface area contributed by atoms with Gasteiger partial charge in [-0.2, -0.15) is 0 Å². The monoisotopic (exact) mass is 522 g/mol. The lowest BCUT2D eigenvalue weighted by Gasteiger charge is -2.33. The Morgan fingerprint density at radius 2 is 1.97 bits per heavy atom. The second kappa shape index (κ2) is 14.8. The average molecular weight is 522 g/mol. The maximum Gasteiger partial charge on any atom is 0.191 e. The number of halogens is 2. The number of hydrogen-bond acceptors (Lipinski definition) is 4. The minimum atomic E-state index is -0.263. The molecule has 8 heteroatoms. The summed E-state index contributed by atoms with van der Waals surface area (Å²) < 4.78 is 23.9. The van der Waals surface area contributed by atoms with Gasteiger partial charge in [-0.3, -0.25) is 0 Å². The molecule has 1 aliphatic rings. The number of aliphatic imine (C=N–C) groups is 1. The van der Waals surface area contributed by atoms with Gasteiger partial charge in [-0.15, -0.1) is 24.0 Å². The summed E-state index contributed by atoms with van der Waals surface area (Å²) in [6.45, 7) is 9.51.